The highest BCUT2D eigenvalue weighted by Crippen LogP contribution is 2.51. The number of nitrogens with one attached hydrogen (secondary N) is 1. The van der Waals surface area contributed by atoms with Gasteiger partial charge < -0.3 is 10.1 Å². The molecule has 0 radical (unpaired) electrons. The maximum Gasteiger partial charge on any atom is 0.0684 e. The lowest BCUT2D eigenvalue weighted by atomic mass is 9.55. The van der Waals surface area contributed by atoms with Crippen LogP contribution in [0.25, 0.3) is 0 Å². The van der Waals surface area contributed by atoms with Gasteiger partial charge in [0.25, 0.3) is 0 Å². The molecule has 4 heteroatoms. The maximum atomic E-state index is 5.93. The summed E-state index contributed by atoms with van der Waals surface area (Å²) in [4.78, 5) is 0. The van der Waals surface area contributed by atoms with Crippen molar-refractivity contribution in [3.8, 4) is 0 Å². The van der Waals surface area contributed by atoms with E-state index in [1.165, 1.54) is 18.5 Å². The molecule has 1 N–H and O–H groups in total. The van der Waals surface area contributed by atoms with Gasteiger partial charge in [-0.1, -0.05) is 13.8 Å². The summed E-state index contributed by atoms with van der Waals surface area (Å²) in [6.45, 7) is 6.48. The van der Waals surface area contributed by atoms with Gasteiger partial charge in [0.15, 0.2) is 0 Å². The first-order valence-electron chi connectivity index (χ1n) is 6.92. The summed E-state index contributed by atoms with van der Waals surface area (Å²) in [5, 5.41) is 7.92. The van der Waals surface area contributed by atoms with Gasteiger partial charge in [0.1, 0.15) is 0 Å². The van der Waals surface area contributed by atoms with Gasteiger partial charge in [-0.3, -0.25) is 4.68 Å². The van der Waals surface area contributed by atoms with Crippen molar-refractivity contribution in [3.05, 3.63) is 18.0 Å². The molecule has 1 saturated carbocycles. The van der Waals surface area contributed by atoms with Gasteiger partial charge in [0.2, 0.25) is 0 Å². The Morgan fingerprint density at radius 3 is 3.11 bits per heavy atom. The van der Waals surface area contributed by atoms with Crippen LogP contribution in [-0.2, 0) is 18.3 Å². The molecule has 4 nitrogen and oxygen atoms in total. The van der Waals surface area contributed by atoms with Crippen molar-refractivity contribution in [1.82, 2.24) is 15.1 Å². The van der Waals surface area contributed by atoms with Crippen LogP contribution >= 0.6 is 0 Å². The van der Waals surface area contributed by atoms with Crippen LogP contribution in [0.3, 0.4) is 0 Å². The van der Waals surface area contributed by atoms with Gasteiger partial charge in [-0.15, -0.1) is 0 Å². The van der Waals surface area contributed by atoms with E-state index < -0.39 is 0 Å². The first-order valence-corrected chi connectivity index (χ1v) is 6.92. The van der Waals surface area contributed by atoms with Crippen molar-refractivity contribution < 1.29 is 4.74 Å². The molecule has 100 valence electrons. The minimum Gasteiger partial charge on any atom is -0.377 e. The fourth-order valence-electron chi connectivity index (χ4n) is 3.73. The molecule has 0 spiro atoms. The Kier molecular flexibility index (Phi) is 2.94. The molecule has 2 fully saturated rings. The van der Waals surface area contributed by atoms with Gasteiger partial charge in [-0.25, -0.2) is 0 Å². The van der Waals surface area contributed by atoms with Crippen molar-refractivity contribution >= 4 is 0 Å². The van der Waals surface area contributed by atoms with E-state index in [9.17, 15) is 0 Å². The third kappa shape index (κ3) is 1.79. The normalized spacial score (nSPS) is 33.8. The quantitative estimate of drug-likeness (QED) is 0.886. The number of aromatic nitrogens is 2. The van der Waals surface area contributed by atoms with Gasteiger partial charge in [0, 0.05) is 43.8 Å². The third-order valence-corrected chi connectivity index (χ3v) is 4.76. The standard InChI is InChI=1S/C14H23N3O/c1-14(2)12(11-5-4-8-18-13(11)14)15-9-10-6-7-16-17(10)3/h6-7,11-13,15H,4-5,8-9H2,1-3H3. The fraction of sp³-hybridized carbons (Fsp3) is 0.786. The van der Waals surface area contributed by atoms with Crippen LogP contribution in [0.5, 0.6) is 0 Å². The Hall–Kier alpha value is -0.870. The van der Waals surface area contributed by atoms with Crippen LogP contribution in [0.15, 0.2) is 12.3 Å². The average Bonchev–Trinajstić information content (AvgIpc) is 2.75. The zero-order valence-corrected chi connectivity index (χ0v) is 11.5. The molecular weight excluding hydrogens is 226 g/mol. The van der Waals surface area contributed by atoms with E-state index in [0.717, 1.165) is 13.2 Å². The second-order valence-corrected chi connectivity index (χ2v) is 6.22. The first-order chi connectivity index (χ1) is 8.60. The molecule has 2 aliphatic rings. The lowest BCUT2D eigenvalue weighted by Gasteiger charge is -2.60. The van der Waals surface area contributed by atoms with Crippen LogP contribution < -0.4 is 5.32 Å². The highest BCUT2D eigenvalue weighted by Gasteiger charge is 2.57. The summed E-state index contributed by atoms with van der Waals surface area (Å²) in [5.41, 5.74) is 1.50. The molecule has 0 amide bonds. The molecule has 3 rings (SSSR count). The zero-order valence-electron chi connectivity index (χ0n) is 11.5. The Morgan fingerprint density at radius 1 is 1.56 bits per heavy atom. The van der Waals surface area contributed by atoms with E-state index in [2.05, 4.69) is 30.3 Å². The van der Waals surface area contributed by atoms with E-state index in [1.807, 2.05) is 17.9 Å². The lowest BCUT2D eigenvalue weighted by molar-refractivity contribution is -0.193. The summed E-state index contributed by atoms with van der Waals surface area (Å²) < 4.78 is 7.86. The predicted molar refractivity (Wildman–Crippen MR) is 70.1 cm³/mol. The lowest BCUT2D eigenvalue weighted by Crippen LogP contribution is -2.69. The summed E-state index contributed by atoms with van der Waals surface area (Å²) >= 11 is 0. The second kappa shape index (κ2) is 4.35. The number of fused-ring (bicyclic) bond motifs is 1. The van der Waals surface area contributed by atoms with Crippen LogP contribution in [0, 0.1) is 11.3 Å². The summed E-state index contributed by atoms with van der Waals surface area (Å²) in [6.07, 6.45) is 4.82. The van der Waals surface area contributed by atoms with Crippen LogP contribution in [0.1, 0.15) is 32.4 Å². The van der Waals surface area contributed by atoms with Gasteiger partial charge in [-0.05, 0) is 18.9 Å². The van der Waals surface area contributed by atoms with Gasteiger partial charge >= 0.3 is 0 Å². The summed E-state index contributed by atoms with van der Waals surface area (Å²) in [7, 11) is 2.00. The SMILES string of the molecule is Cn1nccc1CNC1C2CCCOC2C1(C)C. The highest BCUT2D eigenvalue weighted by molar-refractivity contribution is 5.11. The van der Waals surface area contributed by atoms with Gasteiger partial charge in [0.05, 0.1) is 11.8 Å². The Balaban J connectivity index is 1.64. The molecule has 2 heterocycles. The van der Waals surface area contributed by atoms with E-state index in [1.54, 1.807) is 0 Å². The van der Waals surface area contributed by atoms with Crippen molar-refractivity contribution in [2.24, 2.45) is 18.4 Å². The molecule has 3 unspecified atom stereocenters. The van der Waals surface area contributed by atoms with Crippen LogP contribution in [0.4, 0.5) is 0 Å². The number of hydrogen-bond donors (Lipinski definition) is 1. The minimum atomic E-state index is 0.254. The minimum absolute atomic E-state index is 0.254. The highest BCUT2D eigenvalue weighted by atomic mass is 16.5. The smallest absolute Gasteiger partial charge is 0.0684 e. The molecule has 1 aliphatic heterocycles. The maximum absolute atomic E-state index is 5.93. The van der Waals surface area contributed by atoms with Crippen molar-refractivity contribution in [1.29, 1.82) is 0 Å². The van der Waals surface area contributed by atoms with Crippen molar-refractivity contribution in [2.75, 3.05) is 6.61 Å². The number of rotatable bonds is 3. The predicted octanol–water partition coefficient (Wildman–Crippen LogP) is 1.71. The monoisotopic (exact) mass is 249 g/mol. The fourth-order valence-corrected chi connectivity index (χ4v) is 3.73. The van der Waals surface area contributed by atoms with Crippen molar-refractivity contribution in [2.45, 2.75) is 45.4 Å². The number of aryl methyl sites for hydroxylation is 1. The van der Waals surface area contributed by atoms with Gasteiger partial charge in [-0.2, -0.15) is 5.10 Å². The van der Waals surface area contributed by atoms with Crippen molar-refractivity contribution in [3.63, 3.8) is 0 Å². The van der Waals surface area contributed by atoms with E-state index in [0.29, 0.717) is 18.1 Å². The Labute approximate surface area is 109 Å². The molecule has 1 aliphatic carbocycles. The second-order valence-electron chi connectivity index (χ2n) is 6.22. The molecular formula is C14H23N3O. The molecule has 1 saturated heterocycles. The first kappa shape index (κ1) is 12.2. The molecule has 0 aromatic carbocycles. The molecule has 18 heavy (non-hydrogen) atoms. The Morgan fingerprint density at radius 2 is 2.39 bits per heavy atom. The number of hydrogen-bond acceptors (Lipinski definition) is 3. The third-order valence-electron chi connectivity index (χ3n) is 4.76. The summed E-state index contributed by atoms with van der Waals surface area (Å²) in [6, 6.07) is 2.64. The van der Waals surface area contributed by atoms with E-state index >= 15 is 0 Å². The largest absolute Gasteiger partial charge is 0.377 e. The van der Waals surface area contributed by atoms with E-state index in [-0.39, 0.29) is 5.41 Å². The zero-order chi connectivity index (χ0) is 12.8. The van der Waals surface area contributed by atoms with Crippen LogP contribution in [-0.4, -0.2) is 28.5 Å². The van der Waals surface area contributed by atoms with E-state index in [4.69, 9.17) is 4.74 Å². The Bertz CT molecular complexity index is 426. The summed E-state index contributed by atoms with van der Waals surface area (Å²) in [5.74, 6) is 0.696. The average molecular weight is 249 g/mol. The number of nitrogens with zero attached hydrogens (tertiary/aromatic N) is 2. The molecule has 1 aromatic heterocycles. The molecule has 0 bridgehead atoms. The number of ether oxygens (including phenoxy) is 1. The molecule has 1 aromatic rings. The topological polar surface area (TPSA) is 39.1 Å². The van der Waals surface area contributed by atoms with Crippen LogP contribution in [0.2, 0.25) is 0 Å². The molecule has 3 atom stereocenters.